The lowest BCUT2D eigenvalue weighted by Crippen LogP contribution is -2.12. The van der Waals surface area contributed by atoms with Crippen molar-refractivity contribution in [2.24, 2.45) is 0 Å². The summed E-state index contributed by atoms with van der Waals surface area (Å²) in [6, 6.07) is 11.9. The Balaban J connectivity index is 2.16. The van der Waals surface area contributed by atoms with Crippen LogP contribution >= 0.6 is 0 Å². The van der Waals surface area contributed by atoms with Crippen molar-refractivity contribution in [2.45, 2.75) is 6.92 Å². The van der Waals surface area contributed by atoms with Crippen molar-refractivity contribution >= 4 is 23.1 Å². The Morgan fingerprint density at radius 3 is 2.29 bits per heavy atom. The fourth-order valence-electron chi connectivity index (χ4n) is 1.75. The number of benzene rings is 2. The first-order valence-corrected chi connectivity index (χ1v) is 6.14. The van der Waals surface area contributed by atoms with Crippen molar-refractivity contribution < 1.29 is 14.5 Å². The average molecular weight is 284 g/mol. The third-order valence-corrected chi connectivity index (χ3v) is 2.87. The van der Waals surface area contributed by atoms with Crippen molar-refractivity contribution in [3.8, 4) is 0 Å². The van der Waals surface area contributed by atoms with Gasteiger partial charge >= 0.3 is 0 Å². The van der Waals surface area contributed by atoms with Gasteiger partial charge in [0.15, 0.2) is 5.78 Å². The van der Waals surface area contributed by atoms with E-state index in [1.54, 1.807) is 24.3 Å². The molecule has 0 unspecified atom stereocenters. The summed E-state index contributed by atoms with van der Waals surface area (Å²) in [4.78, 5) is 33.3. The van der Waals surface area contributed by atoms with Crippen LogP contribution in [0.1, 0.15) is 27.6 Å². The number of hydrogen-bond acceptors (Lipinski definition) is 4. The second-order valence-electron chi connectivity index (χ2n) is 4.40. The summed E-state index contributed by atoms with van der Waals surface area (Å²) in [5.41, 5.74) is 1.11. The summed E-state index contributed by atoms with van der Waals surface area (Å²) < 4.78 is 0. The second kappa shape index (κ2) is 5.96. The van der Waals surface area contributed by atoms with Crippen LogP contribution in [0.2, 0.25) is 0 Å². The Morgan fingerprint density at radius 1 is 1.05 bits per heavy atom. The molecule has 2 aromatic carbocycles. The standard InChI is InChI=1S/C15H12N2O4/c1-10(18)11-5-7-13(8-6-11)16-15(19)12-3-2-4-14(9-12)17(20)21/h2-9H,1H3,(H,16,19). The number of carbonyl (C=O) groups is 2. The highest BCUT2D eigenvalue weighted by Gasteiger charge is 2.11. The molecule has 0 aromatic heterocycles. The minimum absolute atomic E-state index is 0.0634. The molecule has 0 radical (unpaired) electrons. The van der Waals surface area contributed by atoms with Gasteiger partial charge in [-0.3, -0.25) is 19.7 Å². The number of amides is 1. The first-order valence-electron chi connectivity index (χ1n) is 6.14. The zero-order valence-corrected chi connectivity index (χ0v) is 11.2. The molecule has 0 saturated heterocycles. The summed E-state index contributed by atoms with van der Waals surface area (Å²) >= 11 is 0. The van der Waals surface area contributed by atoms with Crippen LogP contribution in [0, 0.1) is 10.1 Å². The van der Waals surface area contributed by atoms with Gasteiger partial charge in [0.25, 0.3) is 11.6 Å². The van der Waals surface area contributed by atoms with Crippen molar-refractivity contribution in [1.29, 1.82) is 0 Å². The van der Waals surface area contributed by atoms with Crippen LogP contribution in [0.15, 0.2) is 48.5 Å². The summed E-state index contributed by atoms with van der Waals surface area (Å²) in [6.07, 6.45) is 0. The van der Waals surface area contributed by atoms with Crippen molar-refractivity contribution in [2.75, 3.05) is 5.32 Å². The van der Waals surface area contributed by atoms with E-state index in [4.69, 9.17) is 0 Å². The van der Waals surface area contributed by atoms with Crippen LogP contribution in [-0.4, -0.2) is 16.6 Å². The molecule has 0 spiro atoms. The molecule has 0 saturated carbocycles. The molecular weight excluding hydrogens is 272 g/mol. The highest BCUT2D eigenvalue weighted by Crippen LogP contribution is 2.16. The number of non-ortho nitro benzene ring substituents is 1. The van der Waals surface area contributed by atoms with Crippen LogP contribution in [0.25, 0.3) is 0 Å². The number of anilines is 1. The third kappa shape index (κ3) is 3.50. The molecule has 106 valence electrons. The minimum Gasteiger partial charge on any atom is -0.322 e. The lowest BCUT2D eigenvalue weighted by Gasteiger charge is -2.05. The van der Waals surface area contributed by atoms with E-state index in [1.165, 1.54) is 31.2 Å². The smallest absolute Gasteiger partial charge is 0.270 e. The SMILES string of the molecule is CC(=O)c1ccc(NC(=O)c2cccc([N+](=O)[O-])c2)cc1. The zero-order valence-electron chi connectivity index (χ0n) is 11.2. The number of nitro groups is 1. The number of carbonyl (C=O) groups excluding carboxylic acids is 2. The number of ketones is 1. The number of rotatable bonds is 4. The monoisotopic (exact) mass is 284 g/mol. The van der Waals surface area contributed by atoms with Crippen LogP contribution in [0.4, 0.5) is 11.4 Å². The summed E-state index contributed by atoms with van der Waals surface area (Å²) in [5.74, 6) is -0.513. The molecule has 0 fully saturated rings. The lowest BCUT2D eigenvalue weighted by molar-refractivity contribution is -0.384. The minimum atomic E-state index is -0.557. The molecule has 0 aliphatic carbocycles. The van der Waals surface area contributed by atoms with E-state index in [0.717, 1.165) is 0 Å². The van der Waals surface area contributed by atoms with E-state index in [-0.39, 0.29) is 17.0 Å². The molecule has 21 heavy (non-hydrogen) atoms. The molecule has 1 N–H and O–H groups in total. The maximum Gasteiger partial charge on any atom is 0.270 e. The summed E-state index contributed by atoms with van der Waals surface area (Å²) in [6.45, 7) is 1.46. The number of nitro benzene ring substituents is 1. The normalized spacial score (nSPS) is 9.95. The topological polar surface area (TPSA) is 89.3 Å². The average Bonchev–Trinajstić information content (AvgIpc) is 2.48. The van der Waals surface area contributed by atoms with Gasteiger partial charge in [-0.05, 0) is 37.3 Å². The van der Waals surface area contributed by atoms with Gasteiger partial charge in [0.2, 0.25) is 0 Å². The molecule has 2 aromatic rings. The molecule has 0 atom stereocenters. The second-order valence-corrected chi connectivity index (χ2v) is 4.40. The van der Waals surface area contributed by atoms with Crippen LogP contribution < -0.4 is 5.32 Å². The summed E-state index contributed by atoms with van der Waals surface area (Å²) in [5, 5.41) is 13.3. The number of hydrogen-bond donors (Lipinski definition) is 1. The predicted molar refractivity (Wildman–Crippen MR) is 77.5 cm³/mol. The number of Topliss-reactive ketones (excluding diaryl/α,β-unsaturated/α-hetero) is 1. The molecule has 6 nitrogen and oxygen atoms in total. The Kier molecular flexibility index (Phi) is 4.08. The maximum atomic E-state index is 12.0. The van der Waals surface area contributed by atoms with Gasteiger partial charge in [-0.1, -0.05) is 6.07 Å². The first-order chi connectivity index (χ1) is 9.97. The largest absolute Gasteiger partial charge is 0.322 e. The van der Waals surface area contributed by atoms with Gasteiger partial charge in [-0.15, -0.1) is 0 Å². The fraction of sp³-hybridized carbons (Fsp3) is 0.0667. The molecule has 0 heterocycles. The van der Waals surface area contributed by atoms with E-state index < -0.39 is 10.8 Å². The quantitative estimate of drug-likeness (QED) is 0.531. The van der Waals surface area contributed by atoms with E-state index in [1.807, 2.05) is 0 Å². The van der Waals surface area contributed by atoms with Crippen molar-refractivity contribution in [1.82, 2.24) is 0 Å². The van der Waals surface area contributed by atoms with Gasteiger partial charge in [-0.2, -0.15) is 0 Å². The van der Waals surface area contributed by atoms with Crippen LogP contribution in [0.5, 0.6) is 0 Å². The Morgan fingerprint density at radius 2 is 1.71 bits per heavy atom. The summed E-state index contributed by atoms with van der Waals surface area (Å²) in [7, 11) is 0. The zero-order chi connectivity index (χ0) is 15.4. The van der Waals surface area contributed by atoms with Gasteiger partial charge in [0.1, 0.15) is 0 Å². The van der Waals surface area contributed by atoms with E-state index in [0.29, 0.717) is 11.3 Å². The molecule has 0 bridgehead atoms. The lowest BCUT2D eigenvalue weighted by atomic mass is 10.1. The number of nitrogens with zero attached hydrogens (tertiary/aromatic N) is 1. The van der Waals surface area contributed by atoms with Gasteiger partial charge in [0.05, 0.1) is 4.92 Å². The predicted octanol–water partition coefficient (Wildman–Crippen LogP) is 3.05. The Labute approximate surface area is 120 Å². The van der Waals surface area contributed by atoms with Crippen LogP contribution in [0.3, 0.4) is 0 Å². The molecule has 0 aliphatic rings. The molecule has 1 amide bonds. The van der Waals surface area contributed by atoms with Crippen LogP contribution in [-0.2, 0) is 0 Å². The van der Waals surface area contributed by atoms with Gasteiger partial charge in [-0.25, -0.2) is 0 Å². The maximum absolute atomic E-state index is 12.0. The van der Waals surface area contributed by atoms with E-state index in [2.05, 4.69) is 5.32 Å². The first kappa shape index (κ1) is 14.4. The fourth-order valence-corrected chi connectivity index (χ4v) is 1.75. The Bertz CT molecular complexity index is 708. The molecular formula is C15H12N2O4. The van der Waals surface area contributed by atoms with Gasteiger partial charge < -0.3 is 5.32 Å². The molecule has 6 heteroatoms. The molecule has 0 aliphatic heterocycles. The number of nitrogens with one attached hydrogen (secondary N) is 1. The highest BCUT2D eigenvalue weighted by molar-refractivity contribution is 6.05. The molecule has 2 rings (SSSR count). The van der Waals surface area contributed by atoms with E-state index in [9.17, 15) is 19.7 Å². The highest BCUT2D eigenvalue weighted by atomic mass is 16.6. The Hall–Kier alpha value is -3.02. The van der Waals surface area contributed by atoms with Crippen molar-refractivity contribution in [3.63, 3.8) is 0 Å². The van der Waals surface area contributed by atoms with E-state index >= 15 is 0 Å². The van der Waals surface area contributed by atoms with Gasteiger partial charge in [0, 0.05) is 28.9 Å². The van der Waals surface area contributed by atoms with Crippen molar-refractivity contribution in [3.05, 3.63) is 69.8 Å². The third-order valence-electron chi connectivity index (χ3n) is 2.87.